The standard InChI is InChI=1S/C18H27N5O2/c1-13-17(14(2)23(21-13)9-10-24)11-19-15-5-7-16(8-6-15)20-18(25)12-22(3)4/h5-8,19,24H,9-12H2,1-4H3,(H,20,25). The molecule has 136 valence electrons. The Kier molecular flexibility index (Phi) is 6.55. The van der Waals surface area contributed by atoms with Crippen LogP contribution in [0.5, 0.6) is 0 Å². The number of amides is 1. The van der Waals surface area contributed by atoms with Gasteiger partial charge in [0.25, 0.3) is 0 Å². The van der Waals surface area contributed by atoms with Gasteiger partial charge in [0.15, 0.2) is 0 Å². The van der Waals surface area contributed by atoms with Crippen molar-refractivity contribution < 1.29 is 9.90 Å². The maximum Gasteiger partial charge on any atom is 0.238 e. The molecule has 25 heavy (non-hydrogen) atoms. The summed E-state index contributed by atoms with van der Waals surface area (Å²) in [5.74, 6) is -0.0340. The SMILES string of the molecule is Cc1nn(CCO)c(C)c1CNc1ccc(NC(=O)CN(C)C)cc1. The molecule has 0 fully saturated rings. The molecule has 1 aromatic carbocycles. The number of hydrogen-bond donors (Lipinski definition) is 3. The molecule has 0 saturated heterocycles. The first-order chi connectivity index (χ1) is 11.9. The van der Waals surface area contributed by atoms with Crippen molar-refractivity contribution in [2.24, 2.45) is 0 Å². The van der Waals surface area contributed by atoms with Gasteiger partial charge in [0, 0.05) is 29.2 Å². The van der Waals surface area contributed by atoms with Gasteiger partial charge in [-0.2, -0.15) is 5.10 Å². The van der Waals surface area contributed by atoms with E-state index in [1.807, 2.05) is 61.8 Å². The van der Waals surface area contributed by atoms with Crippen LogP contribution in [-0.2, 0) is 17.9 Å². The minimum atomic E-state index is -0.0340. The van der Waals surface area contributed by atoms with Gasteiger partial charge in [-0.1, -0.05) is 0 Å². The second-order valence-electron chi connectivity index (χ2n) is 6.31. The molecule has 0 aliphatic rings. The Morgan fingerprint density at radius 2 is 1.84 bits per heavy atom. The molecular formula is C18H27N5O2. The van der Waals surface area contributed by atoms with Crippen molar-refractivity contribution in [1.82, 2.24) is 14.7 Å². The van der Waals surface area contributed by atoms with Gasteiger partial charge in [0.2, 0.25) is 5.91 Å². The molecule has 2 rings (SSSR count). The van der Waals surface area contributed by atoms with Crippen molar-refractivity contribution >= 4 is 17.3 Å². The molecule has 0 spiro atoms. The van der Waals surface area contributed by atoms with E-state index in [-0.39, 0.29) is 12.5 Å². The summed E-state index contributed by atoms with van der Waals surface area (Å²) in [6, 6.07) is 7.64. The highest BCUT2D eigenvalue weighted by molar-refractivity contribution is 5.92. The van der Waals surface area contributed by atoms with E-state index in [1.165, 1.54) is 0 Å². The van der Waals surface area contributed by atoms with Crippen LogP contribution in [0, 0.1) is 13.8 Å². The fourth-order valence-corrected chi connectivity index (χ4v) is 2.65. The number of nitrogens with one attached hydrogen (secondary N) is 2. The van der Waals surface area contributed by atoms with Gasteiger partial charge in [-0.25, -0.2) is 0 Å². The number of likely N-dealkylation sites (N-methyl/N-ethyl adjacent to an activating group) is 1. The third-order valence-electron chi connectivity index (χ3n) is 3.94. The van der Waals surface area contributed by atoms with E-state index in [1.54, 1.807) is 0 Å². The van der Waals surface area contributed by atoms with Gasteiger partial charge in [-0.05, 0) is 52.2 Å². The van der Waals surface area contributed by atoms with Crippen molar-refractivity contribution in [3.05, 3.63) is 41.2 Å². The Morgan fingerprint density at radius 1 is 1.20 bits per heavy atom. The molecule has 0 aliphatic carbocycles. The van der Waals surface area contributed by atoms with Crippen LogP contribution in [-0.4, -0.2) is 52.9 Å². The average molecular weight is 345 g/mol. The lowest BCUT2D eigenvalue weighted by molar-refractivity contribution is -0.116. The van der Waals surface area contributed by atoms with Gasteiger partial charge < -0.3 is 20.6 Å². The Hall–Kier alpha value is -2.38. The monoisotopic (exact) mass is 345 g/mol. The predicted octanol–water partition coefficient (Wildman–Crippen LogP) is 1.60. The number of aromatic nitrogens is 2. The van der Waals surface area contributed by atoms with E-state index >= 15 is 0 Å². The number of benzene rings is 1. The molecule has 0 unspecified atom stereocenters. The molecule has 2 aromatic rings. The summed E-state index contributed by atoms with van der Waals surface area (Å²) in [5, 5.41) is 19.8. The molecular weight excluding hydrogens is 318 g/mol. The lowest BCUT2D eigenvalue weighted by Gasteiger charge is -2.11. The maximum atomic E-state index is 11.8. The Labute approximate surface area is 148 Å². The fourth-order valence-electron chi connectivity index (χ4n) is 2.65. The van der Waals surface area contributed by atoms with Crippen molar-refractivity contribution in [3.63, 3.8) is 0 Å². The molecule has 1 heterocycles. The van der Waals surface area contributed by atoms with Gasteiger partial charge >= 0.3 is 0 Å². The molecule has 0 bridgehead atoms. The minimum absolute atomic E-state index is 0.0340. The van der Waals surface area contributed by atoms with Crippen LogP contribution in [0.3, 0.4) is 0 Å². The Bertz CT molecular complexity index is 707. The molecule has 0 saturated carbocycles. The van der Waals surface area contributed by atoms with Crippen LogP contribution >= 0.6 is 0 Å². The highest BCUT2D eigenvalue weighted by atomic mass is 16.3. The summed E-state index contributed by atoms with van der Waals surface area (Å²) >= 11 is 0. The first kappa shape index (κ1) is 19.0. The summed E-state index contributed by atoms with van der Waals surface area (Å²) < 4.78 is 1.83. The third-order valence-corrected chi connectivity index (χ3v) is 3.94. The minimum Gasteiger partial charge on any atom is -0.394 e. The average Bonchev–Trinajstić information content (AvgIpc) is 2.80. The summed E-state index contributed by atoms with van der Waals surface area (Å²) in [6.07, 6.45) is 0. The van der Waals surface area contributed by atoms with Gasteiger partial charge in [-0.15, -0.1) is 0 Å². The zero-order valence-electron chi connectivity index (χ0n) is 15.3. The lowest BCUT2D eigenvalue weighted by Crippen LogP contribution is -2.27. The van der Waals surface area contributed by atoms with Crippen molar-refractivity contribution in [2.75, 3.05) is 37.9 Å². The first-order valence-electron chi connectivity index (χ1n) is 8.33. The zero-order valence-corrected chi connectivity index (χ0v) is 15.3. The van der Waals surface area contributed by atoms with Crippen LogP contribution in [0.25, 0.3) is 0 Å². The lowest BCUT2D eigenvalue weighted by atomic mass is 10.2. The topological polar surface area (TPSA) is 82.4 Å². The molecule has 0 aliphatic heterocycles. The summed E-state index contributed by atoms with van der Waals surface area (Å²) in [6.45, 7) is 5.59. The fraction of sp³-hybridized carbons (Fsp3) is 0.444. The number of aliphatic hydroxyl groups excluding tert-OH is 1. The van der Waals surface area contributed by atoms with Crippen LogP contribution in [0.4, 0.5) is 11.4 Å². The highest BCUT2D eigenvalue weighted by Gasteiger charge is 2.11. The molecule has 0 atom stereocenters. The van der Waals surface area contributed by atoms with E-state index in [9.17, 15) is 4.79 Å². The van der Waals surface area contributed by atoms with Crippen molar-refractivity contribution in [1.29, 1.82) is 0 Å². The summed E-state index contributed by atoms with van der Waals surface area (Å²) in [7, 11) is 3.72. The number of hydrogen-bond acceptors (Lipinski definition) is 5. The second-order valence-corrected chi connectivity index (χ2v) is 6.31. The van der Waals surface area contributed by atoms with Gasteiger partial charge in [0.05, 0.1) is 25.4 Å². The maximum absolute atomic E-state index is 11.8. The number of rotatable bonds is 8. The third kappa shape index (κ3) is 5.30. The first-order valence-corrected chi connectivity index (χ1v) is 8.33. The van der Waals surface area contributed by atoms with E-state index in [0.717, 1.165) is 28.3 Å². The van der Waals surface area contributed by atoms with E-state index in [2.05, 4.69) is 15.7 Å². The van der Waals surface area contributed by atoms with Crippen LogP contribution in [0.15, 0.2) is 24.3 Å². The quantitative estimate of drug-likeness (QED) is 0.677. The number of carbonyl (C=O) groups excluding carboxylic acids is 1. The molecule has 1 amide bonds. The van der Waals surface area contributed by atoms with E-state index in [4.69, 9.17) is 5.11 Å². The molecule has 7 nitrogen and oxygen atoms in total. The van der Waals surface area contributed by atoms with Crippen molar-refractivity contribution in [3.8, 4) is 0 Å². The number of aliphatic hydroxyl groups is 1. The van der Waals surface area contributed by atoms with E-state index in [0.29, 0.717) is 19.6 Å². The van der Waals surface area contributed by atoms with Gasteiger partial charge in [0.1, 0.15) is 0 Å². The normalized spacial score (nSPS) is 11.0. The van der Waals surface area contributed by atoms with Crippen molar-refractivity contribution in [2.45, 2.75) is 26.9 Å². The number of anilines is 2. The largest absolute Gasteiger partial charge is 0.394 e. The zero-order chi connectivity index (χ0) is 18.4. The van der Waals surface area contributed by atoms with Crippen LogP contribution in [0.2, 0.25) is 0 Å². The Morgan fingerprint density at radius 3 is 2.44 bits per heavy atom. The van der Waals surface area contributed by atoms with Crippen LogP contribution < -0.4 is 10.6 Å². The van der Waals surface area contributed by atoms with Crippen LogP contribution in [0.1, 0.15) is 17.0 Å². The second kappa shape index (κ2) is 8.64. The number of nitrogens with zero attached hydrogens (tertiary/aromatic N) is 3. The molecule has 0 radical (unpaired) electrons. The molecule has 3 N–H and O–H groups in total. The van der Waals surface area contributed by atoms with Gasteiger partial charge in [-0.3, -0.25) is 9.48 Å². The Balaban J connectivity index is 1.95. The molecule has 7 heteroatoms. The number of aryl methyl sites for hydroxylation is 1. The number of carbonyl (C=O) groups is 1. The summed E-state index contributed by atoms with van der Waals surface area (Å²) in [4.78, 5) is 13.6. The molecule has 1 aromatic heterocycles. The highest BCUT2D eigenvalue weighted by Crippen LogP contribution is 2.18. The summed E-state index contributed by atoms with van der Waals surface area (Å²) in [5.41, 5.74) is 4.91. The predicted molar refractivity (Wildman–Crippen MR) is 99.7 cm³/mol. The van der Waals surface area contributed by atoms with E-state index < -0.39 is 0 Å². The smallest absolute Gasteiger partial charge is 0.238 e.